The van der Waals surface area contributed by atoms with Crippen LogP contribution in [0.3, 0.4) is 0 Å². The molecule has 0 amide bonds. The van der Waals surface area contributed by atoms with Gasteiger partial charge in [-0.2, -0.15) is 4.98 Å². The summed E-state index contributed by atoms with van der Waals surface area (Å²) in [4.78, 5) is 4.64. The first-order valence-corrected chi connectivity index (χ1v) is 11.8. The molecule has 5 rings (SSSR count). The van der Waals surface area contributed by atoms with Crippen molar-refractivity contribution in [1.29, 1.82) is 0 Å². The maximum atomic E-state index is 13.0. The van der Waals surface area contributed by atoms with Gasteiger partial charge in [0.15, 0.2) is 5.76 Å². The second-order valence-corrected chi connectivity index (χ2v) is 9.61. The predicted molar refractivity (Wildman–Crippen MR) is 126 cm³/mol. The molecule has 0 saturated carbocycles. The Kier molecular flexibility index (Phi) is 5.02. The molecule has 2 heterocycles. The van der Waals surface area contributed by atoms with Crippen LogP contribution in [0, 0.1) is 20.8 Å². The number of rotatable bonds is 5. The van der Waals surface area contributed by atoms with Crippen LogP contribution in [0.5, 0.6) is 0 Å². The van der Waals surface area contributed by atoms with Crippen molar-refractivity contribution in [3.63, 3.8) is 0 Å². The van der Waals surface area contributed by atoms with E-state index in [0.717, 1.165) is 22.3 Å². The van der Waals surface area contributed by atoms with Gasteiger partial charge in [0.2, 0.25) is 5.82 Å². The molecule has 166 valence electrons. The van der Waals surface area contributed by atoms with Gasteiger partial charge in [0.05, 0.1) is 4.90 Å². The smallest absolute Gasteiger partial charge is 0.294 e. The molecular formula is C25H21N3O4S. The van der Waals surface area contributed by atoms with Crippen molar-refractivity contribution in [2.24, 2.45) is 0 Å². The van der Waals surface area contributed by atoms with Crippen LogP contribution in [0.25, 0.3) is 34.0 Å². The molecule has 8 heteroatoms. The molecule has 1 N–H and O–H groups in total. The van der Waals surface area contributed by atoms with Gasteiger partial charge in [0.25, 0.3) is 15.9 Å². The Morgan fingerprint density at radius 3 is 2.52 bits per heavy atom. The Bertz CT molecular complexity index is 1600. The van der Waals surface area contributed by atoms with E-state index in [-0.39, 0.29) is 10.8 Å². The lowest BCUT2D eigenvalue weighted by Crippen LogP contribution is -2.12. The number of anilines is 1. The number of hydrogen-bond acceptors (Lipinski definition) is 6. The summed E-state index contributed by atoms with van der Waals surface area (Å²) in [5, 5.41) is 4.75. The number of furan rings is 1. The lowest BCUT2D eigenvalue weighted by Gasteiger charge is -2.08. The molecule has 0 aliphatic heterocycles. The molecule has 2 aromatic heterocycles. The molecule has 0 aliphatic rings. The van der Waals surface area contributed by atoms with E-state index in [0.29, 0.717) is 28.2 Å². The largest absolute Gasteiger partial charge is 0.451 e. The Morgan fingerprint density at radius 2 is 1.73 bits per heavy atom. The van der Waals surface area contributed by atoms with Crippen LogP contribution in [-0.2, 0) is 10.0 Å². The van der Waals surface area contributed by atoms with Gasteiger partial charge in [-0.25, -0.2) is 8.42 Å². The predicted octanol–water partition coefficient (Wildman–Crippen LogP) is 5.88. The first-order valence-electron chi connectivity index (χ1n) is 10.3. The normalized spacial score (nSPS) is 11.7. The molecule has 5 aromatic rings. The number of benzene rings is 3. The topological polar surface area (TPSA) is 98.2 Å². The standard InChI is InChI=1S/C25H21N3O4S/c1-15-7-6-9-18(13-15)28-33(29,30)19-11-12-22-21(14-19)17(3)23(31-22)25-26-24(27-32-25)20-10-5-4-8-16(20)2/h4-14,28H,1-3H3. The van der Waals surface area contributed by atoms with Crippen molar-refractivity contribution < 1.29 is 17.4 Å². The van der Waals surface area contributed by atoms with Gasteiger partial charge in [0.1, 0.15) is 5.58 Å². The summed E-state index contributed by atoms with van der Waals surface area (Å²) in [5.74, 6) is 1.12. The van der Waals surface area contributed by atoms with Gasteiger partial charge >= 0.3 is 0 Å². The number of aromatic nitrogens is 2. The maximum absolute atomic E-state index is 13.0. The van der Waals surface area contributed by atoms with Gasteiger partial charge in [-0.15, -0.1) is 0 Å². The van der Waals surface area contributed by atoms with Crippen LogP contribution in [0.4, 0.5) is 5.69 Å². The van der Waals surface area contributed by atoms with E-state index in [1.807, 2.05) is 51.1 Å². The van der Waals surface area contributed by atoms with Gasteiger partial charge in [-0.3, -0.25) is 4.72 Å². The number of sulfonamides is 1. The molecule has 0 bridgehead atoms. The van der Waals surface area contributed by atoms with Crippen molar-refractivity contribution in [2.45, 2.75) is 25.7 Å². The van der Waals surface area contributed by atoms with Crippen LogP contribution in [0.2, 0.25) is 0 Å². The molecule has 7 nitrogen and oxygen atoms in total. The minimum Gasteiger partial charge on any atom is -0.451 e. The molecule has 0 saturated heterocycles. The Labute approximate surface area is 191 Å². The number of nitrogens with zero attached hydrogens (tertiary/aromatic N) is 2. The third kappa shape index (κ3) is 3.89. The Balaban J connectivity index is 1.51. The Hall–Kier alpha value is -3.91. The summed E-state index contributed by atoms with van der Waals surface area (Å²) in [6.07, 6.45) is 0. The second kappa shape index (κ2) is 7.90. The van der Waals surface area contributed by atoms with Gasteiger partial charge in [0, 0.05) is 22.2 Å². The first-order chi connectivity index (χ1) is 15.8. The number of hydrogen-bond donors (Lipinski definition) is 1. The molecule has 0 radical (unpaired) electrons. The van der Waals surface area contributed by atoms with E-state index >= 15 is 0 Å². The average molecular weight is 460 g/mol. The summed E-state index contributed by atoms with van der Waals surface area (Å²) in [7, 11) is -3.77. The zero-order chi connectivity index (χ0) is 23.2. The molecule has 0 aliphatic carbocycles. The Morgan fingerprint density at radius 1 is 0.909 bits per heavy atom. The minimum atomic E-state index is -3.77. The SMILES string of the molecule is Cc1cccc(NS(=O)(=O)c2ccc3oc(-c4nc(-c5ccccc5C)no4)c(C)c3c2)c1. The summed E-state index contributed by atoms with van der Waals surface area (Å²) in [6.45, 7) is 5.72. The van der Waals surface area contributed by atoms with Crippen LogP contribution in [-0.4, -0.2) is 18.6 Å². The van der Waals surface area contributed by atoms with Crippen LogP contribution in [0.1, 0.15) is 16.7 Å². The van der Waals surface area contributed by atoms with E-state index in [1.165, 1.54) is 6.07 Å². The molecule has 0 atom stereocenters. The van der Waals surface area contributed by atoms with Crippen molar-refractivity contribution in [3.8, 4) is 23.0 Å². The van der Waals surface area contributed by atoms with E-state index in [9.17, 15) is 8.42 Å². The molecule has 33 heavy (non-hydrogen) atoms. The van der Waals surface area contributed by atoms with Crippen LogP contribution >= 0.6 is 0 Å². The fraction of sp³-hybridized carbons (Fsp3) is 0.120. The van der Waals surface area contributed by atoms with E-state index < -0.39 is 10.0 Å². The lowest BCUT2D eigenvalue weighted by molar-refractivity contribution is 0.419. The van der Waals surface area contributed by atoms with Gasteiger partial charge < -0.3 is 8.94 Å². The van der Waals surface area contributed by atoms with Gasteiger partial charge in [-0.1, -0.05) is 41.6 Å². The highest BCUT2D eigenvalue weighted by Crippen LogP contribution is 2.35. The zero-order valence-corrected chi connectivity index (χ0v) is 19.1. The van der Waals surface area contributed by atoms with Crippen molar-refractivity contribution in [3.05, 3.63) is 83.4 Å². The lowest BCUT2D eigenvalue weighted by atomic mass is 10.1. The molecule has 3 aromatic carbocycles. The summed E-state index contributed by atoms with van der Waals surface area (Å²) in [6, 6.07) is 19.7. The average Bonchev–Trinajstić information content (AvgIpc) is 3.38. The monoisotopic (exact) mass is 459 g/mol. The van der Waals surface area contributed by atoms with E-state index in [2.05, 4.69) is 14.9 Å². The summed E-state index contributed by atoms with van der Waals surface area (Å²) in [5.41, 5.74) is 4.63. The molecule has 0 fully saturated rings. The molecular weight excluding hydrogens is 438 g/mol. The third-order valence-electron chi connectivity index (χ3n) is 5.49. The highest BCUT2D eigenvalue weighted by molar-refractivity contribution is 7.92. The van der Waals surface area contributed by atoms with E-state index in [1.54, 1.807) is 30.3 Å². The maximum Gasteiger partial charge on any atom is 0.294 e. The third-order valence-corrected chi connectivity index (χ3v) is 6.87. The highest BCUT2D eigenvalue weighted by atomic mass is 32.2. The summed E-state index contributed by atoms with van der Waals surface area (Å²) >= 11 is 0. The van der Waals surface area contributed by atoms with Crippen LogP contribution in [0.15, 0.2) is 80.6 Å². The van der Waals surface area contributed by atoms with Gasteiger partial charge in [-0.05, 0) is 62.2 Å². The second-order valence-electron chi connectivity index (χ2n) is 7.93. The number of nitrogens with one attached hydrogen (secondary N) is 1. The minimum absolute atomic E-state index is 0.137. The molecule has 0 spiro atoms. The quantitative estimate of drug-likeness (QED) is 0.353. The number of aryl methyl sites for hydroxylation is 3. The van der Waals surface area contributed by atoms with Crippen molar-refractivity contribution in [2.75, 3.05) is 4.72 Å². The van der Waals surface area contributed by atoms with Crippen molar-refractivity contribution >= 4 is 26.7 Å². The number of fused-ring (bicyclic) bond motifs is 1. The zero-order valence-electron chi connectivity index (χ0n) is 18.3. The fourth-order valence-electron chi connectivity index (χ4n) is 3.74. The van der Waals surface area contributed by atoms with Crippen LogP contribution < -0.4 is 4.72 Å². The van der Waals surface area contributed by atoms with E-state index in [4.69, 9.17) is 8.94 Å². The summed E-state index contributed by atoms with van der Waals surface area (Å²) < 4.78 is 40.0. The molecule has 0 unspecified atom stereocenters. The van der Waals surface area contributed by atoms with Crippen molar-refractivity contribution in [1.82, 2.24) is 10.1 Å². The highest BCUT2D eigenvalue weighted by Gasteiger charge is 2.22. The fourth-order valence-corrected chi connectivity index (χ4v) is 4.82. The first kappa shape index (κ1) is 21.0.